The molecule has 2 amide bonds. The highest BCUT2D eigenvalue weighted by Gasteiger charge is 2.02. The van der Waals surface area contributed by atoms with Gasteiger partial charge in [0.05, 0.1) is 23.6 Å². The highest BCUT2D eigenvalue weighted by molar-refractivity contribution is 8.23. The lowest BCUT2D eigenvalue weighted by atomic mass is 10.5. The molecular weight excluding hydrogens is 745 g/mol. The third-order valence-corrected chi connectivity index (χ3v) is 12.3. The van der Waals surface area contributed by atoms with Crippen molar-refractivity contribution in [1.29, 1.82) is 0 Å². The van der Waals surface area contributed by atoms with Crippen molar-refractivity contribution in [1.82, 2.24) is 10.6 Å². The third kappa shape index (κ3) is 38.6. The number of amides is 2. The van der Waals surface area contributed by atoms with Crippen LogP contribution in [0.1, 0.15) is 6.42 Å². The van der Waals surface area contributed by atoms with Crippen LogP contribution in [0.5, 0.6) is 0 Å². The molecule has 0 spiro atoms. The second-order valence-corrected chi connectivity index (χ2v) is 16.9. The average molecular weight is 783 g/mol. The van der Waals surface area contributed by atoms with Gasteiger partial charge in [-0.25, -0.2) is 19.6 Å². The van der Waals surface area contributed by atoms with Crippen molar-refractivity contribution < 1.29 is 48.8 Å². The number of nitrogens with one attached hydrogen (secondary N) is 2. The maximum atomic E-state index is 11.7. The molecule has 0 aliphatic carbocycles. The van der Waals surface area contributed by atoms with Gasteiger partial charge < -0.3 is 40.1 Å². The molecule has 23 heteroatoms. The normalized spacial score (nSPS) is 11.2. The molecule has 0 atom stereocenters. The highest BCUT2D eigenvalue weighted by atomic mass is 32.2. The molecule has 0 aromatic rings. The number of aliphatic hydroxyl groups excluding tert-OH is 2. The van der Waals surface area contributed by atoms with E-state index in [1.54, 1.807) is 58.8 Å². The Bertz CT molecular complexity index is 697. The summed E-state index contributed by atoms with van der Waals surface area (Å²) in [4.78, 5) is 50.3. The molecule has 0 heterocycles. The minimum atomic E-state index is -0.472. The molecule has 0 saturated carbocycles. The molecule has 14 nitrogen and oxygen atoms in total. The van der Waals surface area contributed by atoms with E-state index < -0.39 is 12.2 Å². The van der Waals surface area contributed by atoms with Crippen LogP contribution >= 0.6 is 106 Å². The van der Waals surface area contributed by atoms with Crippen molar-refractivity contribution >= 4 is 131 Å². The monoisotopic (exact) mass is 782 g/mol. The molecule has 0 saturated heterocycles. The van der Waals surface area contributed by atoms with E-state index in [2.05, 4.69) is 25.5 Å². The molecule has 0 rings (SSSR count). The molecule has 43 heavy (non-hydrogen) atoms. The van der Waals surface area contributed by atoms with E-state index in [4.69, 9.17) is 34.3 Å². The van der Waals surface area contributed by atoms with E-state index in [1.165, 1.54) is 59.8 Å². The van der Waals surface area contributed by atoms with E-state index in [0.717, 1.165) is 20.3 Å². The van der Waals surface area contributed by atoms with Crippen molar-refractivity contribution in [3.8, 4) is 0 Å². The van der Waals surface area contributed by atoms with E-state index >= 15 is 0 Å². The second-order valence-electron chi connectivity index (χ2n) is 6.48. The van der Waals surface area contributed by atoms with Crippen LogP contribution in [0.4, 0.5) is 9.59 Å². The van der Waals surface area contributed by atoms with Crippen molar-refractivity contribution in [3.63, 3.8) is 0 Å². The molecule has 0 radical (unpaired) electrons. The van der Waals surface area contributed by atoms with Gasteiger partial charge in [0.2, 0.25) is 12.8 Å². The quantitative estimate of drug-likeness (QED) is 0.0182. The molecule has 252 valence electrons. The summed E-state index contributed by atoms with van der Waals surface area (Å²) in [6.07, 6.45) is 2.08. The maximum Gasteiger partial charge on any atom is 0.408 e. The Morgan fingerprint density at radius 3 is 1.74 bits per heavy atom. The molecule has 0 fully saturated rings. The second kappa shape index (κ2) is 38.7. The van der Waals surface area contributed by atoms with E-state index in [-0.39, 0.29) is 30.4 Å². The predicted octanol–water partition coefficient (Wildman–Crippen LogP) is 4.81. The molecule has 4 N–H and O–H groups in total. The molecule has 0 bridgehead atoms. The zero-order valence-electron chi connectivity index (χ0n) is 23.2. The van der Waals surface area contributed by atoms with Gasteiger partial charge in [0.25, 0.3) is 0 Å². The molecule has 0 aromatic heterocycles. The first-order valence-electron chi connectivity index (χ1n) is 12.0. The first kappa shape index (κ1) is 43.5. The fraction of sp³-hybridized carbons (Fsp3) is 0.800. The summed E-state index contributed by atoms with van der Waals surface area (Å²) in [7, 11) is 0. The number of ether oxygens (including phenoxy) is 2. The number of carbonyl (C=O) groups excluding carboxylic acids is 2. The summed E-state index contributed by atoms with van der Waals surface area (Å²) >= 11 is 13.9. The minimum Gasteiger partial charge on any atom is -0.438 e. The smallest absolute Gasteiger partial charge is 0.408 e. The largest absolute Gasteiger partial charge is 0.438 e. The third-order valence-electron chi connectivity index (χ3n) is 3.36. The van der Waals surface area contributed by atoms with Crippen LogP contribution in [0.25, 0.3) is 0 Å². The number of rotatable bonds is 32. The van der Waals surface area contributed by atoms with Gasteiger partial charge in [-0.05, 0) is 6.42 Å². The Labute approximate surface area is 290 Å². The van der Waals surface area contributed by atoms with E-state index in [0.29, 0.717) is 41.6 Å². The van der Waals surface area contributed by atoms with Gasteiger partial charge in [-0.3, -0.25) is 0 Å². The summed E-state index contributed by atoms with van der Waals surface area (Å²) in [5.41, 5.74) is 0. The van der Waals surface area contributed by atoms with Crippen LogP contribution in [0.15, 0.2) is 9.98 Å². The Morgan fingerprint density at radius 2 is 1.14 bits per heavy atom. The van der Waals surface area contributed by atoms with Gasteiger partial charge in [0.1, 0.15) is 23.8 Å². The van der Waals surface area contributed by atoms with Crippen LogP contribution in [0.3, 0.4) is 0 Å². The number of alkyl carbamates (subject to hydrolysis) is 2. The van der Waals surface area contributed by atoms with Crippen LogP contribution in [-0.2, 0) is 29.0 Å². The summed E-state index contributed by atoms with van der Waals surface area (Å²) in [6.45, 7) is 0.438. The summed E-state index contributed by atoms with van der Waals surface area (Å²) in [5.74, 6) is 2.63. The number of aliphatic imine (C=N–C) groups is 2. The van der Waals surface area contributed by atoms with E-state index in [1.807, 2.05) is 0 Å². The summed E-state index contributed by atoms with van der Waals surface area (Å²) in [5, 5.41) is 26.4. The number of hydrogen-bond donors (Lipinski definition) is 4. The molecule has 0 aliphatic heterocycles. The Morgan fingerprint density at radius 1 is 0.628 bits per heavy atom. The Kier molecular flexibility index (Phi) is 39.1. The van der Waals surface area contributed by atoms with Gasteiger partial charge in [0, 0.05) is 38.6 Å². The SMILES string of the molecule is O=C(NCSCSCSC/N=C/OOCSCO)OCSCSCOO/C=N/CSCSCSCOC(=O)NCCCO. The lowest BCUT2D eigenvalue weighted by Gasteiger charge is -2.06. The molecular formula is C20H38N4O10S9. The van der Waals surface area contributed by atoms with Gasteiger partial charge >= 0.3 is 12.2 Å². The zero-order valence-corrected chi connectivity index (χ0v) is 30.5. The van der Waals surface area contributed by atoms with Crippen LogP contribution < -0.4 is 10.6 Å². The number of nitrogens with zero attached hydrogens (tertiary/aromatic N) is 2. The van der Waals surface area contributed by atoms with Crippen molar-refractivity contribution in [3.05, 3.63) is 0 Å². The highest BCUT2D eigenvalue weighted by Crippen LogP contribution is 2.18. The van der Waals surface area contributed by atoms with Crippen LogP contribution in [0.2, 0.25) is 0 Å². The van der Waals surface area contributed by atoms with Crippen molar-refractivity contribution in [2.24, 2.45) is 9.98 Å². The number of thioether (sulfide) groups is 9. The molecule has 0 unspecified atom stereocenters. The minimum absolute atomic E-state index is 0.0205. The fourth-order valence-corrected chi connectivity index (χ4v) is 8.83. The standard InChI is InChI=1S/C20H38N4O10S9/c25-3-1-2-23-19(27)29-10-40-18-43-15-36-7-22-5-32-34-13-41-17-39-11-30-20(28)24-8-37-16-42-14-35-6-21-4-31-33-12-38-9-26/h4-5,25-26H,1-3,6-18H2,(H,23,27)(H,24,28)/b21-4+,22-5+. The predicted molar refractivity (Wildman–Crippen MR) is 191 cm³/mol. The number of hydrogen-bond acceptors (Lipinski definition) is 21. The lowest BCUT2D eigenvalue weighted by Crippen LogP contribution is -2.25. The van der Waals surface area contributed by atoms with E-state index in [9.17, 15) is 9.59 Å². The van der Waals surface area contributed by atoms with Crippen LogP contribution in [-0.4, -0.2) is 121 Å². The van der Waals surface area contributed by atoms with Gasteiger partial charge in [0.15, 0.2) is 0 Å². The first-order chi connectivity index (χ1) is 21.2. The van der Waals surface area contributed by atoms with Gasteiger partial charge in [-0.2, -0.15) is 9.78 Å². The average Bonchev–Trinajstić information content (AvgIpc) is 3.00. The zero-order chi connectivity index (χ0) is 31.3. The number of carbonyl (C=O) groups is 2. The first-order valence-corrected chi connectivity index (χ1v) is 22.4. The molecule has 0 aromatic carbocycles. The Balaban J connectivity index is 3.26. The summed E-state index contributed by atoms with van der Waals surface area (Å²) < 4.78 is 10.1. The number of aliphatic hydroxyl groups is 2. The van der Waals surface area contributed by atoms with Crippen molar-refractivity contribution in [2.45, 2.75) is 6.42 Å². The topological polar surface area (TPSA) is 179 Å². The lowest BCUT2D eigenvalue weighted by molar-refractivity contribution is -0.196. The van der Waals surface area contributed by atoms with Gasteiger partial charge in [-0.1, -0.05) is 0 Å². The fourth-order valence-electron chi connectivity index (χ4n) is 1.70. The maximum absolute atomic E-state index is 11.7. The van der Waals surface area contributed by atoms with Crippen molar-refractivity contribution in [2.75, 3.05) is 85.9 Å². The molecule has 0 aliphatic rings. The Hall–Kier alpha value is 0.470. The summed E-state index contributed by atoms with van der Waals surface area (Å²) in [6, 6.07) is 0. The van der Waals surface area contributed by atoms with Crippen LogP contribution in [0, 0.1) is 0 Å². The van der Waals surface area contributed by atoms with Gasteiger partial charge in [-0.15, -0.1) is 106 Å².